The second-order valence-electron chi connectivity index (χ2n) is 7.03. The van der Waals surface area contributed by atoms with E-state index < -0.39 is 0 Å². The molecule has 1 amide bonds. The van der Waals surface area contributed by atoms with Gasteiger partial charge in [-0.3, -0.25) is 19.8 Å². The summed E-state index contributed by atoms with van der Waals surface area (Å²) in [6, 6.07) is 13.0. The minimum Gasteiger partial charge on any atom is -0.296 e. The van der Waals surface area contributed by atoms with Gasteiger partial charge in [0.1, 0.15) is 11.4 Å². The lowest BCUT2D eigenvalue weighted by Crippen LogP contribution is -2.20. The predicted molar refractivity (Wildman–Crippen MR) is 120 cm³/mol. The number of nitrogens with one attached hydrogen (secondary N) is 1. The summed E-state index contributed by atoms with van der Waals surface area (Å²) in [5.41, 5.74) is 4.68. The van der Waals surface area contributed by atoms with E-state index in [9.17, 15) is 4.79 Å². The molecule has 0 saturated heterocycles. The van der Waals surface area contributed by atoms with Gasteiger partial charge in [0.15, 0.2) is 5.13 Å². The van der Waals surface area contributed by atoms with E-state index >= 15 is 0 Å². The maximum Gasteiger partial charge on any atom is 0.275 e. The minimum atomic E-state index is -0.271. The van der Waals surface area contributed by atoms with Gasteiger partial charge in [-0.1, -0.05) is 35.9 Å². The molecule has 0 saturated carbocycles. The van der Waals surface area contributed by atoms with E-state index in [2.05, 4.69) is 20.4 Å². The lowest BCUT2D eigenvalue weighted by Gasteiger charge is -2.17. The molecule has 0 fully saturated rings. The number of hydrogen-bond acceptors (Lipinski definition) is 5. The number of aryl methyl sites for hydroxylation is 2. The van der Waals surface area contributed by atoms with Crippen LogP contribution in [0, 0.1) is 13.8 Å². The van der Waals surface area contributed by atoms with Crippen LogP contribution in [0.25, 0.3) is 11.4 Å². The van der Waals surface area contributed by atoms with Crippen LogP contribution in [0.3, 0.4) is 0 Å². The van der Waals surface area contributed by atoms with Crippen molar-refractivity contribution in [1.82, 2.24) is 19.7 Å². The summed E-state index contributed by atoms with van der Waals surface area (Å²) in [7, 11) is 0. The number of carbonyl (C=O) groups excluding carboxylic acids is 1. The van der Waals surface area contributed by atoms with Crippen LogP contribution in [0.5, 0.6) is 0 Å². The van der Waals surface area contributed by atoms with Crippen LogP contribution in [0.4, 0.5) is 5.13 Å². The summed E-state index contributed by atoms with van der Waals surface area (Å²) in [6.45, 7) is 5.81. The van der Waals surface area contributed by atoms with Crippen LogP contribution >= 0.6 is 22.9 Å². The fourth-order valence-electron chi connectivity index (χ4n) is 3.16. The van der Waals surface area contributed by atoms with Gasteiger partial charge in [-0.15, -0.1) is 11.3 Å². The van der Waals surface area contributed by atoms with Crippen LogP contribution in [0.2, 0.25) is 5.02 Å². The second-order valence-corrected chi connectivity index (χ2v) is 8.29. The van der Waals surface area contributed by atoms with Gasteiger partial charge >= 0.3 is 0 Å². The normalized spacial score (nSPS) is 12.0. The molecule has 0 aliphatic carbocycles. The fraction of sp³-hybridized carbons (Fsp3) is 0.182. The highest BCUT2D eigenvalue weighted by Gasteiger charge is 2.21. The Kier molecular flexibility index (Phi) is 5.65. The average molecular weight is 438 g/mol. The smallest absolute Gasteiger partial charge is 0.275 e. The quantitative estimate of drug-likeness (QED) is 0.445. The first-order valence-electron chi connectivity index (χ1n) is 9.43. The first-order valence-corrected chi connectivity index (χ1v) is 10.7. The Labute approximate surface area is 183 Å². The lowest BCUT2D eigenvalue weighted by atomic mass is 10.1. The van der Waals surface area contributed by atoms with Gasteiger partial charge in [0.25, 0.3) is 5.91 Å². The Morgan fingerprint density at radius 2 is 1.97 bits per heavy atom. The molecule has 0 aliphatic rings. The van der Waals surface area contributed by atoms with Crippen molar-refractivity contribution in [3.8, 4) is 11.4 Å². The molecule has 152 valence electrons. The number of benzene rings is 1. The first kappa shape index (κ1) is 20.3. The molecular formula is C22H20ClN5OS. The zero-order valence-corrected chi connectivity index (χ0v) is 18.3. The summed E-state index contributed by atoms with van der Waals surface area (Å²) in [5, 5.41) is 10.4. The number of anilines is 1. The summed E-state index contributed by atoms with van der Waals surface area (Å²) >= 11 is 7.71. The number of thiazole rings is 1. The number of pyridine rings is 1. The number of rotatable bonds is 5. The molecule has 3 heterocycles. The van der Waals surface area contributed by atoms with Crippen molar-refractivity contribution >= 4 is 34.0 Å². The molecule has 4 rings (SSSR count). The van der Waals surface area contributed by atoms with Crippen LogP contribution in [-0.2, 0) is 0 Å². The number of hydrogen-bond donors (Lipinski definition) is 1. The summed E-state index contributed by atoms with van der Waals surface area (Å²) in [4.78, 5) is 21.9. The highest BCUT2D eigenvalue weighted by atomic mass is 35.5. The van der Waals surface area contributed by atoms with Crippen molar-refractivity contribution < 1.29 is 4.79 Å². The van der Waals surface area contributed by atoms with Crippen LogP contribution in [0.1, 0.15) is 40.3 Å². The van der Waals surface area contributed by atoms with Gasteiger partial charge in [0, 0.05) is 16.6 Å². The Morgan fingerprint density at radius 1 is 1.17 bits per heavy atom. The van der Waals surface area contributed by atoms with Crippen molar-refractivity contribution in [2.24, 2.45) is 0 Å². The largest absolute Gasteiger partial charge is 0.296 e. The minimum absolute atomic E-state index is 0.197. The lowest BCUT2D eigenvalue weighted by molar-refractivity contribution is 0.101. The number of halogens is 1. The molecule has 1 unspecified atom stereocenters. The molecule has 3 aromatic heterocycles. The topological polar surface area (TPSA) is 72.7 Å². The zero-order chi connectivity index (χ0) is 21.3. The third-order valence-corrected chi connectivity index (χ3v) is 5.81. The fourth-order valence-corrected chi connectivity index (χ4v) is 4.15. The zero-order valence-electron chi connectivity index (χ0n) is 16.8. The van der Waals surface area contributed by atoms with Gasteiger partial charge in [-0.25, -0.2) is 4.98 Å². The average Bonchev–Trinajstić information content (AvgIpc) is 3.35. The number of aromatic nitrogens is 4. The summed E-state index contributed by atoms with van der Waals surface area (Å²) in [6.07, 6.45) is 1.80. The maximum absolute atomic E-state index is 13.0. The SMILES string of the molecule is Cc1ccc(-c2csc(NC(=O)c3cc(C)nn3C(C)c3ccccc3Cl)n2)nc1. The van der Waals surface area contributed by atoms with E-state index in [4.69, 9.17) is 11.6 Å². The Hall–Kier alpha value is -3.03. The van der Waals surface area contributed by atoms with Gasteiger partial charge in [-0.05, 0) is 50.1 Å². The Balaban J connectivity index is 1.58. The Bertz CT molecular complexity index is 1200. The third-order valence-electron chi connectivity index (χ3n) is 4.71. The molecule has 0 spiro atoms. The molecule has 0 aliphatic heterocycles. The summed E-state index contributed by atoms with van der Waals surface area (Å²) in [5.74, 6) is -0.271. The standard InChI is InChI=1S/C22H20ClN5OS/c1-13-8-9-18(24-11-13)19-12-30-22(25-19)26-21(29)20-10-14(2)27-28(20)15(3)16-6-4-5-7-17(16)23/h4-12,15H,1-3H3,(H,25,26,29). The maximum atomic E-state index is 13.0. The van der Waals surface area contributed by atoms with E-state index in [-0.39, 0.29) is 11.9 Å². The van der Waals surface area contributed by atoms with Crippen molar-refractivity contribution in [3.63, 3.8) is 0 Å². The molecule has 30 heavy (non-hydrogen) atoms. The van der Waals surface area contributed by atoms with Gasteiger partial charge in [-0.2, -0.15) is 5.10 Å². The summed E-state index contributed by atoms with van der Waals surface area (Å²) < 4.78 is 1.70. The highest BCUT2D eigenvalue weighted by Crippen LogP contribution is 2.28. The van der Waals surface area contributed by atoms with E-state index in [0.29, 0.717) is 15.8 Å². The van der Waals surface area contributed by atoms with Crippen molar-refractivity contribution in [2.75, 3.05) is 5.32 Å². The van der Waals surface area contributed by atoms with Gasteiger partial charge in [0.2, 0.25) is 0 Å². The van der Waals surface area contributed by atoms with Crippen LogP contribution in [-0.4, -0.2) is 25.7 Å². The van der Waals surface area contributed by atoms with Crippen molar-refractivity contribution in [3.05, 3.63) is 81.6 Å². The third kappa shape index (κ3) is 4.13. The Morgan fingerprint density at radius 3 is 2.70 bits per heavy atom. The second kappa shape index (κ2) is 8.38. The van der Waals surface area contributed by atoms with Crippen LogP contribution in [0.15, 0.2) is 54.0 Å². The van der Waals surface area contributed by atoms with E-state index in [0.717, 1.165) is 28.2 Å². The first-order chi connectivity index (χ1) is 14.4. The number of amides is 1. The van der Waals surface area contributed by atoms with Gasteiger partial charge < -0.3 is 0 Å². The monoisotopic (exact) mass is 437 g/mol. The van der Waals surface area contributed by atoms with Crippen molar-refractivity contribution in [1.29, 1.82) is 0 Å². The molecule has 1 N–H and O–H groups in total. The molecule has 1 aromatic carbocycles. The van der Waals surface area contributed by atoms with Crippen LogP contribution < -0.4 is 5.32 Å². The molecule has 4 aromatic rings. The number of nitrogens with zero attached hydrogens (tertiary/aromatic N) is 4. The van der Waals surface area contributed by atoms with E-state index in [1.807, 2.05) is 62.5 Å². The molecule has 6 nitrogen and oxygen atoms in total. The molecule has 1 atom stereocenters. The predicted octanol–water partition coefficient (Wildman–Crippen LogP) is 5.53. The molecule has 0 radical (unpaired) electrons. The molecule has 0 bridgehead atoms. The van der Waals surface area contributed by atoms with Gasteiger partial charge in [0.05, 0.1) is 17.4 Å². The molecular weight excluding hydrogens is 418 g/mol. The van der Waals surface area contributed by atoms with E-state index in [1.165, 1.54) is 11.3 Å². The number of carbonyl (C=O) groups is 1. The molecule has 8 heteroatoms. The van der Waals surface area contributed by atoms with Crippen molar-refractivity contribution in [2.45, 2.75) is 26.8 Å². The van der Waals surface area contributed by atoms with E-state index in [1.54, 1.807) is 16.9 Å². The highest BCUT2D eigenvalue weighted by molar-refractivity contribution is 7.14.